The quantitative estimate of drug-likeness (QED) is 0.435. The van der Waals surface area contributed by atoms with Crippen LogP contribution in [0.4, 0.5) is 5.00 Å². The maximum atomic E-state index is 12.6. The fraction of sp³-hybridized carbons (Fsp3) is 0.385. The first-order chi connectivity index (χ1) is 15.7. The topological polar surface area (TPSA) is 54.5 Å². The van der Waals surface area contributed by atoms with E-state index in [1.807, 2.05) is 55.6 Å². The van der Waals surface area contributed by atoms with Crippen molar-refractivity contribution < 1.29 is 9.53 Å². The number of aryl methyl sites for hydroxylation is 1. The van der Waals surface area contributed by atoms with Crippen molar-refractivity contribution in [3.63, 3.8) is 0 Å². The van der Waals surface area contributed by atoms with Crippen molar-refractivity contribution in [3.8, 4) is 16.9 Å². The van der Waals surface area contributed by atoms with Gasteiger partial charge in [-0.15, -0.1) is 11.3 Å². The van der Waals surface area contributed by atoms with Gasteiger partial charge >= 0.3 is 0 Å². The molecule has 3 aromatic rings. The lowest BCUT2D eigenvalue weighted by Gasteiger charge is -2.26. The van der Waals surface area contributed by atoms with Gasteiger partial charge in [-0.05, 0) is 86.3 Å². The van der Waals surface area contributed by atoms with Crippen molar-refractivity contribution in [1.82, 2.24) is 9.88 Å². The molecule has 0 atom stereocenters. The van der Waals surface area contributed by atoms with Gasteiger partial charge in [0.05, 0.1) is 18.0 Å². The van der Waals surface area contributed by atoms with Gasteiger partial charge < -0.3 is 15.0 Å². The van der Waals surface area contributed by atoms with E-state index < -0.39 is 0 Å². The van der Waals surface area contributed by atoms with Crippen LogP contribution in [-0.2, 0) is 11.2 Å². The monoisotopic (exact) mass is 449 g/mol. The Labute approximate surface area is 194 Å². The van der Waals surface area contributed by atoms with Crippen LogP contribution in [0.3, 0.4) is 0 Å². The molecule has 1 saturated heterocycles. The van der Waals surface area contributed by atoms with E-state index in [0.717, 1.165) is 46.1 Å². The molecule has 0 unspecified atom stereocenters. The smallest absolute Gasteiger partial charge is 0.229 e. The van der Waals surface area contributed by atoms with Crippen molar-refractivity contribution in [2.45, 2.75) is 39.0 Å². The number of rotatable bonds is 9. The predicted molar refractivity (Wildman–Crippen MR) is 131 cm³/mol. The minimum atomic E-state index is -0.0217. The third-order valence-electron chi connectivity index (χ3n) is 5.69. The fourth-order valence-electron chi connectivity index (χ4n) is 4.05. The molecular weight excluding hydrogens is 418 g/mol. The Morgan fingerprint density at radius 2 is 2.00 bits per heavy atom. The Balaban J connectivity index is 1.24. The van der Waals surface area contributed by atoms with Gasteiger partial charge in [-0.3, -0.25) is 9.78 Å². The van der Waals surface area contributed by atoms with E-state index in [2.05, 4.69) is 20.6 Å². The molecule has 0 spiro atoms. The minimum absolute atomic E-state index is 0.0217. The number of nitrogens with one attached hydrogen (secondary N) is 1. The molecule has 1 amide bonds. The number of nitrogens with zero attached hydrogens (tertiary/aromatic N) is 2. The number of likely N-dealkylation sites (tertiary alicyclic amines) is 1. The first-order valence-corrected chi connectivity index (χ1v) is 12.3. The second kappa shape index (κ2) is 11.2. The fourth-order valence-corrected chi connectivity index (χ4v) is 4.88. The summed E-state index contributed by atoms with van der Waals surface area (Å²) in [7, 11) is 0. The second-order valence-electron chi connectivity index (χ2n) is 8.36. The number of amides is 1. The van der Waals surface area contributed by atoms with Crippen LogP contribution in [0.25, 0.3) is 11.1 Å². The Hall–Kier alpha value is -2.70. The third kappa shape index (κ3) is 6.65. The number of aromatic nitrogens is 1. The lowest BCUT2D eigenvalue weighted by molar-refractivity contribution is -0.115. The molecule has 1 aliphatic rings. The summed E-state index contributed by atoms with van der Waals surface area (Å²) in [5.74, 6) is 0.812. The van der Waals surface area contributed by atoms with Crippen LogP contribution in [-0.4, -0.2) is 42.0 Å². The summed E-state index contributed by atoms with van der Waals surface area (Å²) in [6.45, 7) is 6.23. The summed E-state index contributed by atoms with van der Waals surface area (Å²) >= 11 is 1.54. The van der Waals surface area contributed by atoms with Crippen LogP contribution in [0.5, 0.6) is 5.75 Å². The van der Waals surface area contributed by atoms with Gasteiger partial charge in [-0.25, -0.2) is 0 Å². The minimum Gasteiger partial charge on any atom is -0.494 e. The molecule has 1 fully saturated rings. The highest BCUT2D eigenvalue weighted by Crippen LogP contribution is 2.29. The molecule has 0 saturated carbocycles. The largest absolute Gasteiger partial charge is 0.494 e. The molecule has 1 N–H and O–H groups in total. The molecule has 5 nitrogen and oxygen atoms in total. The average molecular weight is 450 g/mol. The molecule has 168 valence electrons. The normalized spacial score (nSPS) is 14.3. The van der Waals surface area contributed by atoms with E-state index in [1.165, 1.54) is 43.7 Å². The molecule has 6 heteroatoms. The molecule has 32 heavy (non-hydrogen) atoms. The lowest BCUT2D eigenvalue weighted by Crippen LogP contribution is -2.31. The standard InChI is InChI=1S/C26H31N3O2S/c1-20-15-22(9-10-27-20)23-18-26(32-19-23)28-25(30)17-21-7-5-8-24(16-21)31-14-6-13-29-11-3-2-4-12-29/h5,7-10,15-16,18-19H,2-4,6,11-14,17H2,1H3,(H,28,30). The number of hydrogen-bond acceptors (Lipinski definition) is 5. The first kappa shape index (κ1) is 22.5. The summed E-state index contributed by atoms with van der Waals surface area (Å²) in [6.07, 6.45) is 7.17. The molecule has 0 radical (unpaired) electrons. The predicted octanol–water partition coefficient (Wildman–Crippen LogP) is 5.55. The van der Waals surface area contributed by atoms with E-state index in [4.69, 9.17) is 4.74 Å². The van der Waals surface area contributed by atoms with Gasteiger partial charge in [0, 0.05) is 23.8 Å². The highest BCUT2D eigenvalue weighted by molar-refractivity contribution is 7.14. The molecule has 0 aliphatic carbocycles. The number of piperidine rings is 1. The molecule has 1 aliphatic heterocycles. The second-order valence-corrected chi connectivity index (χ2v) is 9.27. The van der Waals surface area contributed by atoms with E-state index in [1.54, 1.807) is 0 Å². The van der Waals surface area contributed by atoms with Gasteiger partial charge in [0.25, 0.3) is 0 Å². The SMILES string of the molecule is Cc1cc(-c2csc(NC(=O)Cc3cccc(OCCCN4CCCCC4)c3)c2)ccn1. The zero-order chi connectivity index (χ0) is 22.2. The number of carbonyl (C=O) groups is 1. The maximum absolute atomic E-state index is 12.6. The molecule has 1 aromatic carbocycles. The number of hydrogen-bond donors (Lipinski definition) is 1. The maximum Gasteiger partial charge on any atom is 0.229 e. The zero-order valence-corrected chi connectivity index (χ0v) is 19.5. The van der Waals surface area contributed by atoms with Crippen LogP contribution < -0.4 is 10.1 Å². The van der Waals surface area contributed by atoms with Crippen molar-refractivity contribution >= 4 is 22.2 Å². The van der Waals surface area contributed by atoms with E-state index in [0.29, 0.717) is 13.0 Å². The van der Waals surface area contributed by atoms with Crippen LogP contribution in [0.15, 0.2) is 54.0 Å². The van der Waals surface area contributed by atoms with Crippen molar-refractivity contribution in [2.24, 2.45) is 0 Å². The zero-order valence-electron chi connectivity index (χ0n) is 18.7. The lowest BCUT2D eigenvalue weighted by atomic mass is 10.1. The third-order valence-corrected chi connectivity index (χ3v) is 6.54. The molecule has 2 aromatic heterocycles. The van der Waals surface area contributed by atoms with E-state index >= 15 is 0 Å². The number of benzene rings is 1. The van der Waals surface area contributed by atoms with Gasteiger partial charge in [-0.1, -0.05) is 18.6 Å². The van der Waals surface area contributed by atoms with Crippen LogP contribution >= 0.6 is 11.3 Å². The Morgan fingerprint density at radius 3 is 2.84 bits per heavy atom. The Morgan fingerprint density at radius 1 is 1.12 bits per heavy atom. The van der Waals surface area contributed by atoms with Crippen LogP contribution in [0, 0.1) is 6.92 Å². The van der Waals surface area contributed by atoms with Gasteiger partial charge in [-0.2, -0.15) is 0 Å². The average Bonchev–Trinajstić information content (AvgIpc) is 3.26. The van der Waals surface area contributed by atoms with E-state index in [-0.39, 0.29) is 5.91 Å². The van der Waals surface area contributed by atoms with Gasteiger partial charge in [0.1, 0.15) is 5.75 Å². The van der Waals surface area contributed by atoms with Gasteiger partial charge in [0.2, 0.25) is 5.91 Å². The number of pyridine rings is 1. The molecule has 0 bridgehead atoms. The van der Waals surface area contributed by atoms with Crippen molar-refractivity contribution in [3.05, 3.63) is 65.3 Å². The van der Waals surface area contributed by atoms with Crippen molar-refractivity contribution in [2.75, 3.05) is 31.6 Å². The summed E-state index contributed by atoms with van der Waals surface area (Å²) in [5.41, 5.74) is 4.14. The van der Waals surface area contributed by atoms with E-state index in [9.17, 15) is 4.79 Å². The summed E-state index contributed by atoms with van der Waals surface area (Å²) in [4.78, 5) is 19.3. The summed E-state index contributed by atoms with van der Waals surface area (Å²) in [5, 5.41) is 5.93. The number of carbonyl (C=O) groups excluding carboxylic acids is 1. The van der Waals surface area contributed by atoms with Crippen LogP contribution in [0.2, 0.25) is 0 Å². The molecule has 4 rings (SSSR count). The van der Waals surface area contributed by atoms with Gasteiger partial charge in [0.15, 0.2) is 0 Å². The Bertz CT molecular complexity index is 1030. The summed E-state index contributed by atoms with van der Waals surface area (Å²) < 4.78 is 5.94. The highest BCUT2D eigenvalue weighted by atomic mass is 32.1. The molecule has 3 heterocycles. The number of thiophene rings is 1. The number of ether oxygens (including phenoxy) is 1. The first-order valence-electron chi connectivity index (χ1n) is 11.4. The van der Waals surface area contributed by atoms with Crippen LogP contribution in [0.1, 0.15) is 36.9 Å². The Kier molecular flexibility index (Phi) is 7.91. The number of anilines is 1. The van der Waals surface area contributed by atoms with Crippen molar-refractivity contribution in [1.29, 1.82) is 0 Å². The summed E-state index contributed by atoms with van der Waals surface area (Å²) in [6, 6.07) is 13.9. The highest BCUT2D eigenvalue weighted by Gasteiger charge is 2.10. The molecular formula is C26H31N3O2S.